The maximum Gasteiger partial charge on any atom is 0.315 e. The first kappa shape index (κ1) is 14.3. The first-order valence-electron chi connectivity index (χ1n) is 7.71. The zero-order valence-electron chi connectivity index (χ0n) is 12.6. The average Bonchev–Trinajstić information content (AvgIpc) is 2.48. The number of hydrogen-bond acceptors (Lipinski definition) is 3. The van der Waals surface area contributed by atoms with Gasteiger partial charge in [-0.2, -0.15) is 0 Å². The highest BCUT2D eigenvalue weighted by atomic mass is 16.5. The second-order valence-electron chi connectivity index (χ2n) is 6.13. The fourth-order valence-corrected chi connectivity index (χ4v) is 4.14. The number of aliphatic hydroxyl groups is 1. The topological polar surface area (TPSA) is 46.5 Å². The summed E-state index contributed by atoms with van der Waals surface area (Å²) in [4.78, 5) is 12.8. The van der Waals surface area contributed by atoms with Crippen LogP contribution in [0.3, 0.4) is 0 Å². The number of ether oxygens (including phenoxy) is 1. The number of allylic oxidation sites excluding steroid dienone is 1. The molecule has 3 rings (SSSR count). The minimum atomic E-state index is -1.16. The van der Waals surface area contributed by atoms with Gasteiger partial charge in [0, 0.05) is 0 Å². The van der Waals surface area contributed by atoms with Crippen LogP contribution in [0, 0.1) is 11.3 Å². The van der Waals surface area contributed by atoms with Crippen LogP contribution in [-0.2, 0) is 21.6 Å². The standard InChI is InChI=1S/C18H22O3/c1-3-21-16(19)17-12-10-14-8-4-5-9-15(14)18(17,20)11-6-7-13(17)2/h4-9,13,20H,3,10-12H2,1-2H3/t13-,17+,18+/m0/s1. The third kappa shape index (κ3) is 1.80. The lowest BCUT2D eigenvalue weighted by Crippen LogP contribution is -2.58. The van der Waals surface area contributed by atoms with Gasteiger partial charge in [0.15, 0.2) is 0 Å². The van der Waals surface area contributed by atoms with Crippen molar-refractivity contribution in [2.75, 3.05) is 6.61 Å². The minimum absolute atomic E-state index is 0.0383. The van der Waals surface area contributed by atoms with Crippen molar-refractivity contribution < 1.29 is 14.6 Å². The van der Waals surface area contributed by atoms with E-state index in [1.54, 1.807) is 0 Å². The van der Waals surface area contributed by atoms with Gasteiger partial charge in [0.25, 0.3) is 0 Å². The molecule has 0 bridgehead atoms. The molecule has 0 aliphatic heterocycles. The van der Waals surface area contributed by atoms with E-state index >= 15 is 0 Å². The van der Waals surface area contributed by atoms with E-state index in [9.17, 15) is 9.90 Å². The highest BCUT2D eigenvalue weighted by Crippen LogP contribution is 2.57. The van der Waals surface area contributed by atoms with Gasteiger partial charge in [0.05, 0.1) is 6.61 Å². The Morgan fingerprint density at radius 1 is 1.43 bits per heavy atom. The fourth-order valence-electron chi connectivity index (χ4n) is 4.14. The number of aryl methyl sites for hydroxylation is 1. The van der Waals surface area contributed by atoms with E-state index in [2.05, 4.69) is 0 Å². The third-order valence-corrected chi connectivity index (χ3v) is 5.24. The van der Waals surface area contributed by atoms with E-state index < -0.39 is 11.0 Å². The Morgan fingerprint density at radius 3 is 2.95 bits per heavy atom. The maximum absolute atomic E-state index is 12.8. The molecule has 112 valence electrons. The summed E-state index contributed by atoms with van der Waals surface area (Å²) in [5, 5.41) is 11.5. The molecule has 0 spiro atoms. The number of rotatable bonds is 2. The molecule has 0 saturated carbocycles. The normalized spacial score (nSPS) is 34.0. The number of esters is 1. The molecule has 3 heteroatoms. The molecule has 3 atom stereocenters. The summed E-state index contributed by atoms with van der Waals surface area (Å²) in [7, 11) is 0. The number of hydrogen-bond donors (Lipinski definition) is 1. The van der Waals surface area contributed by atoms with Crippen molar-refractivity contribution >= 4 is 5.97 Å². The lowest BCUT2D eigenvalue weighted by Gasteiger charge is -2.53. The molecule has 0 fully saturated rings. The summed E-state index contributed by atoms with van der Waals surface area (Å²) in [6.45, 7) is 4.16. The van der Waals surface area contributed by atoms with Crippen molar-refractivity contribution in [2.45, 2.75) is 38.7 Å². The molecule has 0 aromatic heterocycles. The van der Waals surface area contributed by atoms with Crippen molar-refractivity contribution in [3.05, 3.63) is 47.5 Å². The molecule has 0 amide bonds. The van der Waals surface area contributed by atoms with E-state index in [-0.39, 0.29) is 11.9 Å². The maximum atomic E-state index is 12.8. The van der Waals surface area contributed by atoms with Crippen LogP contribution in [0.2, 0.25) is 0 Å². The molecule has 0 saturated heterocycles. The SMILES string of the molecule is CCOC(=O)[C@]12CCc3ccccc3[C@]1(O)CC=C[C@@H]2C. The molecule has 1 aromatic rings. The largest absolute Gasteiger partial charge is 0.465 e. The first-order valence-corrected chi connectivity index (χ1v) is 7.71. The van der Waals surface area contributed by atoms with E-state index in [1.807, 2.05) is 50.3 Å². The van der Waals surface area contributed by atoms with Crippen LogP contribution in [0.4, 0.5) is 0 Å². The number of fused-ring (bicyclic) bond motifs is 3. The van der Waals surface area contributed by atoms with Gasteiger partial charge >= 0.3 is 5.97 Å². The number of benzene rings is 1. The van der Waals surface area contributed by atoms with Crippen molar-refractivity contribution in [3.8, 4) is 0 Å². The molecular weight excluding hydrogens is 264 g/mol. The van der Waals surface area contributed by atoms with Gasteiger partial charge in [-0.3, -0.25) is 4.79 Å². The molecule has 0 radical (unpaired) electrons. The lowest BCUT2D eigenvalue weighted by atomic mass is 9.52. The Balaban J connectivity index is 2.20. The van der Waals surface area contributed by atoms with Crippen molar-refractivity contribution in [1.82, 2.24) is 0 Å². The zero-order chi connectivity index (χ0) is 15.1. The number of carbonyl (C=O) groups excluding carboxylic acids is 1. The molecule has 2 aliphatic rings. The van der Waals surface area contributed by atoms with Gasteiger partial charge in [0.1, 0.15) is 11.0 Å². The van der Waals surface area contributed by atoms with E-state index in [0.717, 1.165) is 17.5 Å². The molecular formula is C18H22O3. The van der Waals surface area contributed by atoms with Gasteiger partial charge in [-0.25, -0.2) is 0 Å². The van der Waals surface area contributed by atoms with Crippen LogP contribution < -0.4 is 0 Å². The zero-order valence-corrected chi connectivity index (χ0v) is 12.6. The van der Waals surface area contributed by atoms with E-state index in [4.69, 9.17) is 4.74 Å². The molecule has 1 aromatic carbocycles. The Kier molecular flexibility index (Phi) is 3.40. The van der Waals surface area contributed by atoms with Crippen molar-refractivity contribution in [2.24, 2.45) is 11.3 Å². The highest BCUT2D eigenvalue weighted by molar-refractivity contribution is 5.81. The number of carbonyl (C=O) groups is 1. The van der Waals surface area contributed by atoms with Gasteiger partial charge in [-0.05, 0) is 43.2 Å². The predicted molar refractivity (Wildman–Crippen MR) is 80.6 cm³/mol. The summed E-state index contributed by atoms with van der Waals surface area (Å²) in [6, 6.07) is 7.92. The van der Waals surface area contributed by atoms with Gasteiger partial charge in [-0.15, -0.1) is 0 Å². The monoisotopic (exact) mass is 286 g/mol. The van der Waals surface area contributed by atoms with Crippen LogP contribution in [0.5, 0.6) is 0 Å². The summed E-state index contributed by atoms with van der Waals surface area (Å²) < 4.78 is 5.36. The van der Waals surface area contributed by atoms with Gasteiger partial charge < -0.3 is 9.84 Å². The molecule has 2 aliphatic carbocycles. The molecule has 0 unspecified atom stereocenters. The summed E-state index contributed by atoms with van der Waals surface area (Å²) in [5.74, 6) is -0.303. The Bertz CT molecular complexity index is 592. The molecule has 3 nitrogen and oxygen atoms in total. The third-order valence-electron chi connectivity index (χ3n) is 5.24. The van der Waals surface area contributed by atoms with Crippen molar-refractivity contribution in [1.29, 1.82) is 0 Å². The molecule has 1 N–H and O–H groups in total. The average molecular weight is 286 g/mol. The van der Waals surface area contributed by atoms with Crippen LogP contribution >= 0.6 is 0 Å². The minimum Gasteiger partial charge on any atom is -0.465 e. The lowest BCUT2D eigenvalue weighted by molar-refractivity contribution is -0.190. The van der Waals surface area contributed by atoms with Crippen molar-refractivity contribution in [3.63, 3.8) is 0 Å². The summed E-state index contributed by atoms with van der Waals surface area (Å²) >= 11 is 0. The van der Waals surface area contributed by atoms with Crippen LogP contribution in [0.15, 0.2) is 36.4 Å². The van der Waals surface area contributed by atoms with Crippen LogP contribution in [-0.4, -0.2) is 17.7 Å². The quantitative estimate of drug-likeness (QED) is 0.671. The molecule has 21 heavy (non-hydrogen) atoms. The summed E-state index contributed by atoms with van der Waals surface area (Å²) in [6.07, 6.45) is 5.93. The van der Waals surface area contributed by atoms with E-state index in [1.165, 1.54) is 0 Å². The van der Waals surface area contributed by atoms with Crippen LogP contribution in [0.25, 0.3) is 0 Å². The molecule has 0 heterocycles. The van der Waals surface area contributed by atoms with E-state index in [0.29, 0.717) is 19.4 Å². The second kappa shape index (κ2) is 4.99. The fraction of sp³-hybridized carbons (Fsp3) is 0.500. The highest BCUT2D eigenvalue weighted by Gasteiger charge is 2.62. The Hall–Kier alpha value is -1.61. The smallest absolute Gasteiger partial charge is 0.315 e. The van der Waals surface area contributed by atoms with Gasteiger partial charge in [0.2, 0.25) is 0 Å². The summed E-state index contributed by atoms with van der Waals surface area (Å²) in [5.41, 5.74) is -0.00287. The first-order chi connectivity index (χ1) is 10.1. The Morgan fingerprint density at radius 2 is 2.19 bits per heavy atom. The predicted octanol–water partition coefficient (Wildman–Crippen LogP) is 2.97. The second-order valence-corrected chi connectivity index (χ2v) is 6.13. The Labute approximate surface area is 125 Å². The van der Waals surface area contributed by atoms with Gasteiger partial charge in [-0.1, -0.05) is 43.3 Å². The van der Waals surface area contributed by atoms with Crippen LogP contribution in [0.1, 0.15) is 37.8 Å².